The highest BCUT2D eigenvalue weighted by molar-refractivity contribution is 7.99. The van der Waals surface area contributed by atoms with Crippen molar-refractivity contribution in [2.24, 2.45) is 0 Å². The third kappa shape index (κ3) is 5.34. The summed E-state index contributed by atoms with van der Waals surface area (Å²) in [5, 5.41) is 12.6. The summed E-state index contributed by atoms with van der Waals surface area (Å²) < 4.78 is 1.62. The smallest absolute Gasteiger partial charge is 0.335 e. The van der Waals surface area contributed by atoms with Crippen LogP contribution in [0, 0.1) is 0 Å². The third-order valence-corrected chi connectivity index (χ3v) is 6.08. The van der Waals surface area contributed by atoms with Crippen LogP contribution < -0.4 is 10.9 Å². The molecule has 2 heterocycles. The van der Waals surface area contributed by atoms with Gasteiger partial charge in [-0.25, -0.2) is 14.8 Å². The zero-order chi connectivity index (χ0) is 23.1. The van der Waals surface area contributed by atoms with Gasteiger partial charge in [0, 0.05) is 25.0 Å². The molecule has 0 fully saturated rings. The number of aryl methyl sites for hydroxylation is 2. The first-order valence-electron chi connectivity index (χ1n) is 10.5. The van der Waals surface area contributed by atoms with Gasteiger partial charge in [0.05, 0.1) is 16.7 Å². The molecular formula is C23H26N4O4S. The number of rotatable bonds is 6. The maximum Gasteiger partial charge on any atom is 0.335 e. The molecule has 8 nitrogen and oxygen atoms in total. The molecule has 1 aliphatic rings. The molecule has 0 unspecified atom stereocenters. The summed E-state index contributed by atoms with van der Waals surface area (Å²) >= 11 is 1.28. The predicted octanol–water partition coefficient (Wildman–Crippen LogP) is 3.41. The number of anilines is 1. The predicted molar refractivity (Wildman–Crippen MR) is 126 cm³/mol. The van der Waals surface area contributed by atoms with Crippen molar-refractivity contribution in [2.45, 2.75) is 44.3 Å². The number of aldehydes is 1. The Labute approximate surface area is 190 Å². The molecule has 0 atom stereocenters. The Morgan fingerprint density at radius 3 is 2.56 bits per heavy atom. The molecule has 9 heteroatoms. The van der Waals surface area contributed by atoms with Gasteiger partial charge in [0.25, 0.3) is 5.56 Å². The standard InChI is InChI=1S/C15H17N3O2S.C8H9NO2/c1-2-18-14(20)11-9-10-5-3-4-6-12(10)16-13(11)17-15(18)21-8-7-19;1-9-7-4-2-6(3-5-7)8(10)11/h7,9H,2-6,8H2,1H3;2-5,9H,1H3,(H,10,11). The number of aromatic nitrogens is 3. The number of nitrogens with one attached hydrogen (secondary N) is 1. The number of carboxylic acids is 1. The molecule has 0 spiro atoms. The second-order valence-electron chi connectivity index (χ2n) is 7.23. The van der Waals surface area contributed by atoms with E-state index < -0.39 is 5.97 Å². The van der Waals surface area contributed by atoms with Crippen molar-refractivity contribution in [1.29, 1.82) is 0 Å². The molecule has 3 aromatic rings. The van der Waals surface area contributed by atoms with Crippen molar-refractivity contribution in [2.75, 3.05) is 18.1 Å². The summed E-state index contributed by atoms with van der Waals surface area (Å²) in [7, 11) is 1.79. The number of aromatic carboxylic acids is 1. The lowest BCUT2D eigenvalue weighted by molar-refractivity contribution is -0.105. The van der Waals surface area contributed by atoms with Crippen molar-refractivity contribution in [3.63, 3.8) is 0 Å². The number of nitrogens with zero attached hydrogens (tertiary/aromatic N) is 3. The normalized spacial score (nSPS) is 12.4. The average Bonchev–Trinajstić information content (AvgIpc) is 2.82. The number of carbonyl (C=O) groups excluding carboxylic acids is 1. The van der Waals surface area contributed by atoms with E-state index in [9.17, 15) is 14.4 Å². The number of benzene rings is 1. The largest absolute Gasteiger partial charge is 0.478 e. The van der Waals surface area contributed by atoms with E-state index in [-0.39, 0.29) is 5.56 Å². The Hall–Kier alpha value is -3.20. The quantitative estimate of drug-likeness (QED) is 0.331. The Morgan fingerprint density at radius 2 is 1.94 bits per heavy atom. The van der Waals surface area contributed by atoms with E-state index in [1.807, 2.05) is 13.0 Å². The van der Waals surface area contributed by atoms with E-state index in [1.54, 1.807) is 35.9 Å². The summed E-state index contributed by atoms with van der Waals surface area (Å²) in [6.07, 6.45) is 5.07. The fourth-order valence-electron chi connectivity index (χ4n) is 3.53. The zero-order valence-corrected chi connectivity index (χ0v) is 18.9. The Kier molecular flexibility index (Phi) is 7.99. The van der Waals surface area contributed by atoms with Gasteiger partial charge < -0.3 is 15.2 Å². The van der Waals surface area contributed by atoms with Crippen LogP contribution in [0.25, 0.3) is 11.0 Å². The van der Waals surface area contributed by atoms with Crippen molar-refractivity contribution in [1.82, 2.24) is 14.5 Å². The maximum absolute atomic E-state index is 12.6. The highest BCUT2D eigenvalue weighted by atomic mass is 32.2. The lowest BCUT2D eigenvalue weighted by atomic mass is 9.95. The Bertz CT molecular complexity index is 1180. The van der Waals surface area contributed by atoms with Crippen LogP contribution in [-0.4, -0.2) is 44.7 Å². The number of fused-ring (bicyclic) bond motifs is 2. The van der Waals surface area contributed by atoms with Gasteiger partial charge in [-0.2, -0.15) is 0 Å². The minimum absolute atomic E-state index is 0.0585. The van der Waals surface area contributed by atoms with Gasteiger partial charge in [-0.1, -0.05) is 11.8 Å². The summed E-state index contributed by atoms with van der Waals surface area (Å²) in [6.45, 7) is 2.45. The number of carbonyl (C=O) groups is 2. The highest BCUT2D eigenvalue weighted by Gasteiger charge is 2.17. The van der Waals surface area contributed by atoms with Crippen LogP contribution in [0.15, 0.2) is 40.3 Å². The molecule has 1 aromatic carbocycles. The van der Waals surface area contributed by atoms with Crippen LogP contribution in [0.5, 0.6) is 0 Å². The molecule has 0 saturated carbocycles. The zero-order valence-electron chi connectivity index (χ0n) is 18.1. The number of carboxylic acid groups (broad SMARTS) is 1. The van der Waals surface area contributed by atoms with Gasteiger partial charge in [0.2, 0.25) is 0 Å². The second kappa shape index (κ2) is 10.9. The topological polar surface area (TPSA) is 114 Å². The van der Waals surface area contributed by atoms with Crippen molar-refractivity contribution >= 4 is 40.7 Å². The lowest BCUT2D eigenvalue weighted by Gasteiger charge is -2.16. The first-order chi connectivity index (χ1) is 15.5. The van der Waals surface area contributed by atoms with E-state index in [0.29, 0.717) is 34.1 Å². The third-order valence-electron chi connectivity index (χ3n) is 5.21. The summed E-state index contributed by atoms with van der Waals surface area (Å²) in [5.74, 6) is -0.601. The second-order valence-corrected chi connectivity index (χ2v) is 8.21. The fraction of sp³-hybridized carbons (Fsp3) is 0.348. The molecule has 0 radical (unpaired) electrons. The van der Waals surface area contributed by atoms with Crippen molar-refractivity contribution in [3.05, 3.63) is 57.5 Å². The molecule has 4 rings (SSSR count). The molecule has 0 aliphatic heterocycles. The van der Waals surface area contributed by atoms with Crippen LogP contribution in [0.3, 0.4) is 0 Å². The number of pyridine rings is 1. The summed E-state index contributed by atoms with van der Waals surface area (Å²) in [4.78, 5) is 42.7. The van der Waals surface area contributed by atoms with Crippen LogP contribution in [0.1, 0.15) is 41.4 Å². The Morgan fingerprint density at radius 1 is 1.22 bits per heavy atom. The van der Waals surface area contributed by atoms with Crippen molar-refractivity contribution in [3.8, 4) is 0 Å². The van der Waals surface area contributed by atoms with E-state index in [2.05, 4.69) is 15.3 Å². The molecule has 0 bridgehead atoms. The van der Waals surface area contributed by atoms with E-state index in [0.717, 1.165) is 43.4 Å². The Balaban J connectivity index is 0.000000222. The number of hydrogen-bond donors (Lipinski definition) is 2. The van der Waals surface area contributed by atoms with Crippen LogP contribution in [0.4, 0.5) is 5.69 Å². The summed E-state index contributed by atoms with van der Waals surface area (Å²) in [5.41, 5.74) is 3.93. The van der Waals surface area contributed by atoms with Crippen LogP contribution in [-0.2, 0) is 24.2 Å². The van der Waals surface area contributed by atoms with Gasteiger partial charge in [-0.3, -0.25) is 9.36 Å². The minimum Gasteiger partial charge on any atom is -0.478 e. The first kappa shape index (κ1) is 23.5. The lowest BCUT2D eigenvalue weighted by Crippen LogP contribution is -2.24. The maximum atomic E-state index is 12.6. The van der Waals surface area contributed by atoms with E-state index in [1.165, 1.54) is 17.3 Å². The molecule has 1 aliphatic carbocycles. The van der Waals surface area contributed by atoms with Gasteiger partial charge >= 0.3 is 5.97 Å². The monoisotopic (exact) mass is 454 g/mol. The number of hydrogen-bond acceptors (Lipinski definition) is 7. The molecule has 2 N–H and O–H groups in total. The minimum atomic E-state index is -0.896. The van der Waals surface area contributed by atoms with Gasteiger partial charge in [-0.15, -0.1) is 0 Å². The van der Waals surface area contributed by atoms with E-state index >= 15 is 0 Å². The van der Waals surface area contributed by atoms with Gasteiger partial charge in [0.15, 0.2) is 10.8 Å². The molecule has 0 amide bonds. The van der Waals surface area contributed by atoms with E-state index in [4.69, 9.17) is 5.11 Å². The SMILES string of the molecule is CCn1c(SCC=O)nc2nc3c(cc2c1=O)CCCC3.CNc1ccc(C(=O)O)cc1. The molecule has 32 heavy (non-hydrogen) atoms. The molecule has 2 aromatic heterocycles. The van der Waals surface area contributed by atoms with Crippen LogP contribution >= 0.6 is 11.8 Å². The molecule has 0 saturated heterocycles. The fourth-order valence-corrected chi connectivity index (χ4v) is 4.26. The average molecular weight is 455 g/mol. The molecule has 168 valence electrons. The van der Waals surface area contributed by atoms with Crippen molar-refractivity contribution < 1.29 is 14.7 Å². The summed E-state index contributed by atoms with van der Waals surface area (Å²) in [6, 6.07) is 8.54. The van der Waals surface area contributed by atoms with Crippen LogP contribution in [0.2, 0.25) is 0 Å². The first-order valence-corrected chi connectivity index (χ1v) is 11.5. The van der Waals surface area contributed by atoms with Gasteiger partial charge in [-0.05, 0) is 68.5 Å². The number of thioether (sulfide) groups is 1. The highest BCUT2D eigenvalue weighted by Crippen LogP contribution is 2.23. The molecular weight excluding hydrogens is 428 g/mol. The van der Waals surface area contributed by atoms with Gasteiger partial charge in [0.1, 0.15) is 6.29 Å².